The van der Waals surface area contributed by atoms with E-state index >= 15 is 0 Å². The third kappa shape index (κ3) is 3.19. The van der Waals surface area contributed by atoms with Gasteiger partial charge in [-0.1, -0.05) is 54.6 Å². The Bertz CT molecular complexity index is 1010. The lowest BCUT2D eigenvalue weighted by Crippen LogP contribution is -2.67. The topological polar surface area (TPSA) is 33.1 Å². The summed E-state index contributed by atoms with van der Waals surface area (Å²) in [5.41, 5.74) is 3.33. The molecule has 2 aromatic carbocycles. The van der Waals surface area contributed by atoms with Crippen LogP contribution in [-0.2, 0) is 6.54 Å². The molecule has 4 heterocycles. The third-order valence-electron chi connectivity index (χ3n) is 7.38. The zero-order chi connectivity index (χ0) is 19.8. The van der Waals surface area contributed by atoms with Gasteiger partial charge in [0, 0.05) is 35.9 Å². The smallest absolute Gasteiger partial charge is 0.131 e. The predicted octanol–water partition coefficient (Wildman–Crippen LogP) is 4.88. The molecule has 29 heavy (non-hydrogen) atoms. The fourth-order valence-corrected chi connectivity index (χ4v) is 5.91. The molecule has 0 radical (unpaired) electrons. The van der Waals surface area contributed by atoms with Crippen molar-refractivity contribution in [1.29, 1.82) is 0 Å². The predicted molar refractivity (Wildman–Crippen MR) is 117 cm³/mol. The maximum Gasteiger partial charge on any atom is 0.131 e. The summed E-state index contributed by atoms with van der Waals surface area (Å²) in [5.74, 6) is 1.18. The minimum absolute atomic E-state index is 0.205. The molecule has 2 bridgehead atoms. The number of piperidine rings is 3. The lowest BCUT2D eigenvalue weighted by Gasteiger charge is -2.58. The van der Waals surface area contributed by atoms with Crippen molar-refractivity contribution in [1.82, 2.24) is 4.98 Å². The van der Waals surface area contributed by atoms with Crippen molar-refractivity contribution in [2.24, 2.45) is 11.8 Å². The molecule has 5 atom stereocenters. The molecule has 0 aliphatic carbocycles. The summed E-state index contributed by atoms with van der Waals surface area (Å²) in [4.78, 5) is 4.50. The van der Waals surface area contributed by atoms with E-state index in [4.69, 9.17) is 0 Å². The minimum atomic E-state index is -0.486. The number of para-hydroxylation sites is 1. The summed E-state index contributed by atoms with van der Waals surface area (Å²) in [6.07, 6.45) is 5.79. The quantitative estimate of drug-likeness (QED) is 0.502. The van der Waals surface area contributed by atoms with Crippen molar-refractivity contribution in [3.8, 4) is 0 Å². The Hall–Kier alpha value is -2.49. The second-order valence-electron chi connectivity index (χ2n) is 8.88. The van der Waals surface area contributed by atoms with Crippen molar-refractivity contribution in [2.75, 3.05) is 13.1 Å². The molecule has 3 heteroatoms. The monoisotopic (exact) mass is 385 g/mol. The first-order chi connectivity index (χ1) is 14.2. The molecule has 0 saturated carbocycles. The molecule has 3 aromatic rings. The molecule has 0 amide bonds. The van der Waals surface area contributed by atoms with Crippen molar-refractivity contribution in [3.05, 3.63) is 90.6 Å². The van der Waals surface area contributed by atoms with Crippen LogP contribution < -0.4 is 0 Å². The first-order valence-corrected chi connectivity index (χ1v) is 10.7. The second kappa shape index (κ2) is 7.40. The highest BCUT2D eigenvalue weighted by atomic mass is 16.3. The second-order valence-corrected chi connectivity index (χ2v) is 8.88. The highest BCUT2D eigenvalue weighted by Gasteiger charge is 2.53. The summed E-state index contributed by atoms with van der Waals surface area (Å²) >= 11 is 0. The Morgan fingerprint density at radius 3 is 2.72 bits per heavy atom. The number of hydrogen-bond donors (Lipinski definition) is 1. The van der Waals surface area contributed by atoms with Crippen molar-refractivity contribution < 1.29 is 9.59 Å². The number of hydrogen-bond acceptors (Lipinski definition) is 2. The van der Waals surface area contributed by atoms with E-state index < -0.39 is 6.10 Å². The average molecular weight is 386 g/mol. The van der Waals surface area contributed by atoms with Crippen LogP contribution in [0.4, 0.5) is 0 Å². The molecule has 148 valence electrons. The van der Waals surface area contributed by atoms with Crippen LogP contribution in [0.5, 0.6) is 0 Å². The van der Waals surface area contributed by atoms with Crippen LogP contribution in [0.3, 0.4) is 0 Å². The molecule has 3 nitrogen and oxygen atoms in total. The summed E-state index contributed by atoms with van der Waals surface area (Å²) in [7, 11) is 0. The van der Waals surface area contributed by atoms with Crippen LogP contribution in [0, 0.1) is 11.8 Å². The van der Waals surface area contributed by atoms with E-state index in [1.165, 1.54) is 12.0 Å². The van der Waals surface area contributed by atoms with Gasteiger partial charge in [0.2, 0.25) is 0 Å². The van der Waals surface area contributed by atoms with Crippen molar-refractivity contribution >= 4 is 10.9 Å². The Morgan fingerprint density at radius 1 is 1.10 bits per heavy atom. The van der Waals surface area contributed by atoms with E-state index in [2.05, 4.69) is 54.0 Å². The molecular formula is C26H29N2O+. The molecule has 3 aliphatic heterocycles. The fourth-order valence-electron chi connectivity index (χ4n) is 5.91. The van der Waals surface area contributed by atoms with Gasteiger partial charge in [-0.3, -0.25) is 4.98 Å². The number of fused-ring (bicyclic) bond motifs is 4. The van der Waals surface area contributed by atoms with Gasteiger partial charge in [-0.05, 0) is 23.6 Å². The summed E-state index contributed by atoms with van der Waals surface area (Å²) in [5, 5.41) is 12.8. The molecule has 1 aromatic heterocycles. The van der Waals surface area contributed by atoms with Gasteiger partial charge in [0.1, 0.15) is 18.7 Å². The SMILES string of the molecule is C=C[C@H]1C[N@@+]2(Cc3ccccc3)CCC1CC2[C@H](O)c1ccnc2ccccc12. The Labute approximate surface area is 172 Å². The standard InChI is InChI=1S/C26H29N2O/c1-2-20-18-28(17-19-8-4-3-5-9-19)15-13-21(20)16-25(28)26(29)23-12-14-27-24-11-7-6-10-22(23)24/h2-12,14,20-21,25-26,29H,1,13,15-18H2/q+1/t20-,21?,25?,26+,28-/m0/s1. The highest BCUT2D eigenvalue weighted by Crippen LogP contribution is 2.47. The van der Waals surface area contributed by atoms with Gasteiger partial charge in [-0.15, -0.1) is 6.58 Å². The summed E-state index contributed by atoms with van der Waals surface area (Å²) in [6, 6.07) is 21.2. The number of aromatic nitrogens is 1. The Balaban J connectivity index is 1.56. The van der Waals surface area contributed by atoms with E-state index in [0.29, 0.717) is 11.8 Å². The molecule has 6 rings (SSSR count). The number of pyridine rings is 1. The van der Waals surface area contributed by atoms with Crippen LogP contribution in [0.15, 0.2) is 79.5 Å². The molecule has 1 N–H and O–H groups in total. The van der Waals surface area contributed by atoms with Crippen LogP contribution in [-0.4, -0.2) is 33.7 Å². The zero-order valence-corrected chi connectivity index (χ0v) is 16.8. The van der Waals surface area contributed by atoms with Gasteiger partial charge in [-0.25, -0.2) is 0 Å². The van der Waals surface area contributed by atoms with Gasteiger partial charge in [0.05, 0.1) is 18.6 Å². The van der Waals surface area contributed by atoms with Crippen LogP contribution in [0.25, 0.3) is 10.9 Å². The van der Waals surface area contributed by atoms with E-state index in [1.807, 2.05) is 30.5 Å². The first-order valence-electron chi connectivity index (χ1n) is 10.7. The molecular weight excluding hydrogens is 356 g/mol. The lowest BCUT2D eigenvalue weighted by molar-refractivity contribution is -0.984. The van der Waals surface area contributed by atoms with Crippen LogP contribution in [0.1, 0.15) is 30.1 Å². The van der Waals surface area contributed by atoms with E-state index in [1.54, 1.807) is 0 Å². The summed E-state index contributed by atoms with van der Waals surface area (Å²) in [6.45, 7) is 7.32. The number of aliphatic hydroxyl groups is 1. The van der Waals surface area contributed by atoms with Gasteiger partial charge in [0.15, 0.2) is 0 Å². The van der Waals surface area contributed by atoms with Crippen LogP contribution in [0.2, 0.25) is 0 Å². The van der Waals surface area contributed by atoms with E-state index in [-0.39, 0.29) is 6.04 Å². The van der Waals surface area contributed by atoms with E-state index in [9.17, 15) is 5.11 Å². The number of quaternary nitrogens is 1. The van der Waals surface area contributed by atoms with Crippen molar-refractivity contribution in [2.45, 2.75) is 31.5 Å². The Morgan fingerprint density at radius 2 is 1.90 bits per heavy atom. The highest BCUT2D eigenvalue weighted by molar-refractivity contribution is 5.82. The van der Waals surface area contributed by atoms with Gasteiger partial charge < -0.3 is 9.59 Å². The minimum Gasteiger partial charge on any atom is -0.382 e. The first kappa shape index (κ1) is 18.5. The lowest BCUT2D eigenvalue weighted by atomic mass is 9.71. The zero-order valence-electron chi connectivity index (χ0n) is 16.8. The third-order valence-corrected chi connectivity index (χ3v) is 7.38. The number of aliphatic hydroxyl groups excluding tert-OH is 1. The Kier molecular flexibility index (Phi) is 4.73. The fraction of sp³-hybridized carbons (Fsp3) is 0.346. The molecule has 3 saturated heterocycles. The largest absolute Gasteiger partial charge is 0.382 e. The van der Waals surface area contributed by atoms with Gasteiger partial charge in [0.25, 0.3) is 0 Å². The summed E-state index contributed by atoms with van der Waals surface area (Å²) < 4.78 is 0.953. The van der Waals surface area contributed by atoms with Crippen molar-refractivity contribution in [3.63, 3.8) is 0 Å². The molecule has 0 spiro atoms. The molecule has 3 aliphatic rings. The van der Waals surface area contributed by atoms with Gasteiger partial charge in [-0.2, -0.15) is 0 Å². The molecule has 2 unspecified atom stereocenters. The maximum absolute atomic E-state index is 11.7. The maximum atomic E-state index is 11.7. The average Bonchev–Trinajstić information content (AvgIpc) is 2.78. The van der Waals surface area contributed by atoms with Crippen LogP contribution >= 0.6 is 0 Å². The normalized spacial score (nSPS) is 29.6. The molecule has 3 fully saturated rings. The number of rotatable bonds is 5. The van der Waals surface area contributed by atoms with Gasteiger partial charge >= 0.3 is 0 Å². The number of nitrogens with zero attached hydrogens (tertiary/aromatic N) is 2. The number of benzene rings is 2. The van der Waals surface area contributed by atoms with E-state index in [0.717, 1.165) is 47.0 Å².